The van der Waals surface area contributed by atoms with E-state index in [1.54, 1.807) is 12.1 Å². The van der Waals surface area contributed by atoms with Crippen LogP contribution in [0.15, 0.2) is 16.5 Å². The minimum Gasteiger partial charge on any atom is -0.440 e. The summed E-state index contributed by atoms with van der Waals surface area (Å²) in [5, 5.41) is 3.26. The first kappa shape index (κ1) is 14.4. The highest BCUT2D eigenvalue weighted by Gasteiger charge is 2.21. The Balaban J connectivity index is 1.75. The average molecular weight is 285 g/mol. The van der Waals surface area contributed by atoms with Crippen LogP contribution in [-0.2, 0) is 0 Å². The van der Waals surface area contributed by atoms with Crippen LogP contribution < -0.4 is 5.32 Å². The highest BCUT2D eigenvalue weighted by molar-refractivity contribution is 6.29. The number of likely N-dealkylation sites (tertiary alicyclic amines) is 1. The molecule has 1 N–H and O–H groups in total. The zero-order valence-corrected chi connectivity index (χ0v) is 12.1. The molecule has 2 rings (SSSR count). The molecule has 0 unspecified atom stereocenters. The van der Waals surface area contributed by atoms with Gasteiger partial charge in [-0.25, -0.2) is 0 Å². The Hall–Kier alpha value is -1.00. The summed E-state index contributed by atoms with van der Waals surface area (Å²) in [5.41, 5.74) is 0. The second-order valence-corrected chi connectivity index (χ2v) is 5.42. The van der Waals surface area contributed by atoms with Crippen molar-refractivity contribution in [2.75, 3.05) is 19.6 Å². The van der Waals surface area contributed by atoms with Gasteiger partial charge in [-0.15, -0.1) is 0 Å². The molecule has 0 radical (unpaired) electrons. The lowest BCUT2D eigenvalue weighted by atomic mass is 10.0. The summed E-state index contributed by atoms with van der Waals surface area (Å²) in [6, 6.07) is 3.44. The largest absolute Gasteiger partial charge is 0.440 e. The van der Waals surface area contributed by atoms with E-state index in [4.69, 9.17) is 16.0 Å². The fourth-order valence-corrected chi connectivity index (χ4v) is 2.52. The second kappa shape index (κ2) is 6.96. The van der Waals surface area contributed by atoms with Gasteiger partial charge in [-0.3, -0.25) is 4.79 Å². The maximum absolute atomic E-state index is 11.9. The molecule has 0 saturated carbocycles. The maximum atomic E-state index is 11.9. The van der Waals surface area contributed by atoms with Gasteiger partial charge >= 0.3 is 0 Å². The van der Waals surface area contributed by atoms with E-state index in [9.17, 15) is 4.79 Å². The van der Waals surface area contributed by atoms with Crippen LogP contribution >= 0.6 is 11.6 Å². The van der Waals surface area contributed by atoms with E-state index >= 15 is 0 Å². The fraction of sp³-hybridized carbons (Fsp3) is 0.643. The van der Waals surface area contributed by atoms with E-state index in [-0.39, 0.29) is 17.2 Å². The van der Waals surface area contributed by atoms with E-state index in [1.807, 2.05) is 0 Å². The topological polar surface area (TPSA) is 45.5 Å². The first-order chi connectivity index (χ1) is 9.19. The number of unbranched alkanes of at least 4 members (excludes halogenated alkanes) is 1. The third-order valence-electron chi connectivity index (χ3n) is 3.55. The fourth-order valence-electron chi connectivity index (χ4n) is 2.38. The molecule has 0 atom stereocenters. The highest BCUT2D eigenvalue weighted by atomic mass is 35.5. The number of rotatable bonds is 5. The van der Waals surface area contributed by atoms with Crippen molar-refractivity contribution in [2.45, 2.75) is 38.6 Å². The maximum Gasteiger partial charge on any atom is 0.287 e. The molecule has 0 spiro atoms. The number of furan rings is 1. The van der Waals surface area contributed by atoms with Gasteiger partial charge < -0.3 is 14.6 Å². The molecule has 0 aliphatic carbocycles. The predicted octanol–water partition coefficient (Wildman–Crippen LogP) is 2.93. The molecule has 5 heteroatoms. The van der Waals surface area contributed by atoms with Crippen LogP contribution in [0.1, 0.15) is 43.2 Å². The van der Waals surface area contributed by atoms with Crippen LogP contribution in [0.2, 0.25) is 5.22 Å². The molecule has 1 amide bonds. The van der Waals surface area contributed by atoms with Gasteiger partial charge in [0.15, 0.2) is 11.0 Å². The quantitative estimate of drug-likeness (QED) is 0.904. The van der Waals surface area contributed by atoms with Crippen molar-refractivity contribution in [3.8, 4) is 0 Å². The third kappa shape index (κ3) is 4.25. The van der Waals surface area contributed by atoms with Crippen LogP contribution in [0.25, 0.3) is 0 Å². The van der Waals surface area contributed by atoms with E-state index in [0.717, 1.165) is 25.9 Å². The van der Waals surface area contributed by atoms with E-state index in [1.165, 1.54) is 19.4 Å². The Kier molecular flexibility index (Phi) is 5.28. The molecule has 0 aromatic carbocycles. The van der Waals surface area contributed by atoms with Crippen molar-refractivity contribution < 1.29 is 9.21 Å². The Labute approximate surface area is 119 Å². The molecule has 1 fully saturated rings. The Morgan fingerprint density at radius 3 is 2.79 bits per heavy atom. The standard InChI is InChI=1S/C14H21ClN2O2/c1-2-3-8-17-9-6-11(7-10-17)16-14(18)12-4-5-13(15)19-12/h4-5,11H,2-3,6-10H2,1H3,(H,16,18). The molecule has 2 heterocycles. The minimum absolute atomic E-state index is 0.168. The third-order valence-corrected chi connectivity index (χ3v) is 3.75. The minimum atomic E-state index is -0.168. The number of nitrogens with zero attached hydrogens (tertiary/aromatic N) is 1. The summed E-state index contributed by atoms with van der Waals surface area (Å²) in [6.07, 6.45) is 4.49. The summed E-state index contributed by atoms with van der Waals surface area (Å²) >= 11 is 5.66. The van der Waals surface area contributed by atoms with Crippen LogP contribution in [0, 0.1) is 0 Å². The normalized spacial score (nSPS) is 17.6. The molecular formula is C14H21ClN2O2. The van der Waals surface area contributed by atoms with Gasteiger partial charge in [0.2, 0.25) is 0 Å². The number of halogens is 1. The zero-order valence-electron chi connectivity index (χ0n) is 11.3. The Morgan fingerprint density at radius 1 is 1.47 bits per heavy atom. The highest BCUT2D eigenvalue weighted by Crippen LogP contribution is 2.15. The van der Waals surface area contributed by atoms with E-state index in [2.05, 4.69) is 17.1 Å². The van der Waals surface area contributed by atoms with Gasteiger partial charge in [0.1, 0.15) is 0 Å². The van der Waals surface area contributed by atoms with Gasteiger partial charge in [-0.1, -0.05) is 13.3 Å². The number of carbonyl (C=O) groups excluding carboxylic acids is 1. The number of carbonyl (C=O) groups is 1. The van der Waals surface area contributed by atoms with Crippen molar-refractivity contribution in [2.24, 2.45) is 0 Å². The van der Waals surface area contributed by atoms with Crippen molar-refractivity contribution in [1.29, 1.82) is 0 Å². The summed E-state index contributed by atoms with van der Waals surface area (Å²) < 4.78 is 5.10. The molecule has 1 aromatic heterocycles. The smallest absolute Gasteiger partial charge is 0.287 e. The number of piperidine rings is 1. The zero-order chi connectivity index (χ0) is 13.7. The van der Waals surface area contributed by atoms with Gasteiger partial charge in [-0.2, -0.15) is 0 Å². The van der Waals surface area contributed by atoms with E-state index in [0.29, 0.717) is 5.76 Å². The number of amides is 1. The molecular weight excluding hydrogens is 264 g/mol. The predicted molar refractivity (Wildman–Crippen MR) is 75.6 cm³/mol. The van der Waals surface area contributed by atoms with Crippen LogP contribution in [0.5, 0.6) is 0 Å². The first-order valence-corrected chi connectivity index (χ1v) is 7.35. The number of hydrogen-bond acceptors (Lipinski definition) is 3. The number of hydrogen-bond donors (Lipinski definition) is 1. The molecule has 1 saturated heterocycles. The summed E-state index contributed by atoms with van der Waals surface area (Å²) in [7, 11) is 0. The van der Waals surface area contributed by atoms with Gasteiger partial charge in [0, 0.05) is 19.1 Å². The molecule has 1 aliphatic rings. The molecule has 1 aromatic rings. The Morgan fingerprint density at radius 2 is 2.21 bits per heavy atom. The molecule has 1 aliphatic heterocycles. The monoisotopic (exact) mass is 284 g/mol. The lowest BCUT2D eigenvalue weighted by molar-refractivity contribution is 0.0883. The van der Waals surface area contributed by atoms with Crippen molar-refractivity contribution >= 4 is 17.5 Å². The SMILES string of the molecule is CCCCN1CCC(NC(=O)c2ccc(Cl)o2)CC1. The second-order valence-electron chi connectivity index (χ2n) is 5.05. The van der Waals surface area contributed by atoms with Crippen LogP contribution in [0.3, 0.4) is 0 Å². The molecule has 106 valence electrons. The number of nitrogens with one attached hydrogen (secondary N) is 1. The lowest BCUT2D eigenvalue weighted by Crippen LogP contribution is -2.44. The molecule has 19 heavy (non-hydrogen) atoms. The average Bonchev–Trinajstić information content (AvgIpc) is 2.85. The van der Waals surface area contributed by atoms with Crippen LogP contribution in [0.4, 0.5) is 0 Å². The Bertz CT molecular complexity index is 411. The lowest BCUT2D eigenvalue weighted by Gasteiger charge is -2.32. The van der Waals surface area contributed by atoms with Crippen molar-refractivity contribution in [3.63, 3.8) is 0 Å². The summed E-state index contributed by atoms with van der Waals surface area (Å²) in [5.74, 6) is 0.123. The summed E-state index contributed by atoms with van der Waals surface area (Å²) in [6.45, 7) is 5.50. The van der Waals surface area contributed by atoms with Crippen molar-refractivity contribution in [3.05, 3.63) is 23.1 Å². The first-order valence-electron chi connectivity index (χ1n) is 6.97. The van der Waals surface area contributed by atoms with Gasteiger partial charge in [0.05, 0.1) is 0 Å². The van der Waals surface area contributed by atoms with Gasteiger partial charge in [0.25, 0.3) is 5.91 Å². The van der Waals surface area contributed by atoms with Crippen LogP contribution in [-0.4, -0.2) is 36.5 Å². The summed E-state index contributed by atoms with van der Waals surface area (Å²) in [4.78, 5) is 14.4. The van der Waals surface area contributed by atoms with Crippen molar-refractivity contribution in [1.82, 2.24) is 10.2 Å². The molecule has 4 nitrogen and oxygen atoms in total. The molecule has 0 bridgehead atoms. The van der Waals surface area contributed by atoms with E-state index < -0.39 is 0 Å². The van der Waals surface area contributed by atoms with Gasteiger partial charge in [-0.05, 0) is 49.5 Å².